The molecule has 0 aliphatic carbocycles. The van der Waals surface area contributed by atoms with E-state index in [0.717, 1.165) is 48.1 Å². The zero-order valence-electron chi connectivity index (χ0n) is 15.6. The van der Waals surface area contributed by atoms with E-state index in [1.165, 1.54) is 6.07 Å². The van der Waals surface area contributed by atoms with Crippen LogP contribution in [0.15, 0.2) is 53.6 Å². The van der Waals surface area contributed by atoms with Crippen molar-refractivity contribution in [3.63, 3.8) is 0 Å². The number of rotatable bonds is 4. The van der Waals surface area contributed by atoms with Crippen molar-refractivity contribution in [2.75, 3.05) is 18.0 Å². The summed E-state index contributed by atoms with van der Waals surface area (Å²) >= 11 is 0. The summed E-state index contributed by atoms with van der Waals surface area (Å²) in [6.07, 6.45) is 1.45. The van der Waals surface area contributed by atoms with E-state index < -0.39 is 16.4 Å². The van der Waals surface area contributed by atoms with Crippen molar-refractivity contribution in [1.82, 2.24) is 3.97 Å². The molecule has 1 fully saturated rings. The van der Waals surface area contributed by atoms with Gasteiger partial charge in [0, 0.05) is 35.9 Å². The number of anilines is 1. The molecule has 2 heterocycles. The maximum absolute atomic E-state index is 13.9. The number of alkyl halides is 2. The molecule has 1 aliphatic heterocycles. The van der Waals surface area contributed by atoms with E-state index in [4.69, 9.17) is 0 Å². The summed E-state index contributed by atoms with van der Waals surface area (Å²) in [7, 11) is -3.98. The van der Waals surface area contributed by atoms with Gasteiger partial charge in [-0.05, 0) is 56.0 Å². The fraction of sp³-hybridized carbons (Fsp3) is 0.333. The number of piperidine rings is 1. The van der Waals surface area contributed by atoms with Gasteiger partial charge in [0.25, 0.3) is 16.4 Å². The number of nitrogens with zero attached hydrogens (tertiary/aromatic N) is 2. The lowest BCUT2D eigenvalue weighted by Crippen LogP contribution is -2.29. The number of fused-ring (bicyclic) bond motifs is 1. The molecule has 148 valence electrons. The molecule has 1 saturated heterocycles. The Morgan fingerprint density at radius 3 is 2.39 bits per heavy atom. The molecular formula is C21H22F2N2O2S. The van der Waals surface area contributed by atoms with E-state index in [9.17, 15) is 17.2 Å². The third kappa shape index (κ3) is 3.17. The van der Waals surface area contributed by atoms with Gasteiger partial charge in [-0.3, -0.25) is 0 Å². The van der Waals surface area contributed by atoms with Gasteiger partial charge < -0.3 is 4.90 Å². The highest BCUT2D eigenvalue weighted by Crippen LogP contribution is 2.38. The molecule has 7 heteroatoms. The summed E-state index contributed by atoms with van der Waals surface area (Å²) in [6, 6.07) is 11.6. The number of hydrogen-bond donors (Lipinski definition) is 0. The van der Waals surface area contributed by atoms with Gasteiger partial charge in [0.1, 0.15) is 0 Å². The zero-order valence-corrected chi connectivity index (χ0v) is 16.4. The van der Waals surface area contributed by atoms with Crippen molar-refractivity contribution in [3.8, 4) is 0 Å². The Kier molecular flexibility index (Phi) is 4.87. The van der Waals surface area contributed by atoms with Crippen molar-refractivity contribution < 1.29 is 17.2 Å². The third-order valence-corrected chi connectivity index (χ3v) is 6.95. The first kappa shape index (κ1) is 18.9. The van der Waals surface area contributed by atoms with Crippen LogP contribution in [0.25, 0.3) is 10.9 Å². The molecule has 3 aromatic rings. The molecule has 0 bridgehead atoms. The standard InChI is InChI=1S/C21H22F2N2O2S/c1-15-7-5-8-16(13-15)28(26,27)25-14-17(21(22)23)20-18(9-6-10-19(20)25)24-11-3-2-4-12-24/h5-10,13-14,21H,2-4,11-12H2,1H3. The largest absolute Gasteiger partial charge is 0.371 e. The Labute approximate surface area is 163 Å². The summed E-state index contributed by atoms with van der Waals surface area (Å²) in [5.41, 5.74) is 1.53. The molecule has 0 spiro atoms. The number of benzene rings is 2. The average molecular weight is 404 g/mol. The molecule has 0 amide bonds. The number of aryl methyl sites for hydroxylation is 1. The van der Waals surface area contributed by atoms with Gasteiger partial charge in [0.2, 0.25) is 0 Å². The van der Waals surface area contributed by atoms with Gasteiger partial charge in [0.05, 0.1) is 10.4 Å². The predicted molar refractivity (Wildman–Crippen MR) is 107 cm³/mol. The van der Waals surface area contributed by atoms with E-state index >= 15 is 0 Å². The van der Waals surface area contributed by atoms with Gasteiger partial charge in [-0.2, -0.15) is 0 Å². The highest BCUT2D eigenvalue weighted by atomic mass is 32.2. The van der Waals surface area contributed by atoms with Crippen LogP contribution in [0.5, 0.6) is 0 Å². The number of halogens is 2. The summed E-state index contributed by atoms with van der Waals surface area (Å²) < 4.78 is 55.2. The van der Waals surface area contributed by atoms with Gasteiger partial charge in [-0.15, -0.1) is 0 Å². The molecule has 0 atom stereocenters. The second-order valence-electron chi connectivity index (χ2n) is 7.22. The van der Waals surface area contributed by atoms with Gasteiger partial charge in [-0.1, -0.05) is 18.2 Å². The fourth-order valence-electron chi connectivity index (χ4n) is 3.92. The molecule has 0 unspecified atom stereocenters. The third-order valence-electron chi connectivity index (χ3n) is 5.28. The van der Waals surface area contributed by atoms with Crippen molar-refractivity contribution in [2.24, 2.45) is 0 Å². The van der Waals surface area contributed by atoms with Gasteiger partial charge in [-0.25, -0.2) is 21.2 Å². The molecule has 28 heavy (non-hydrogen) atoms. The predicted octanol–water partition coefficient (Wildman–Crippen LogP) is 5.11. The van der Waals surface area contributed by atoms with E-state index in [-0.39, 0.29) is 10.5 Å². The van der Waals surface area contributed by atoms with Crippen LogP contribution in [0.1, 0.15) is 36.8 Å². The quantitative estimate of drug-likeness (QED) is 0.607. The van der Waals surface area contributed by atoms with Crippen LogP contribution in [-0.2, 0) is 10.0 Å². The van der Waals surface area contributed by atoms with Crippen LogP contribution < -0.4 is 4.90 Å². The monoisotopic (exact) mass is 404 g/mol. The van der Waals surface area contributed by atoms with Crippen LogP contribution in [-0.4, -0.2) is 25.5 Å². The topological polar surface area (TPSA) is 42.3 Å². The number of aromatic nitrogens is 1. The molecule has 2 aromatic carbocycles. The Hall–Kier alpha value is -2.41. The lowest BCUT2D eigenvalue weighted by molar-refractivity contribution is 0.153. The highest BCUT2D eigenvalue weighted by molar-refractivity contribution is 7.90. The maximum atomic E-state index is 13.9. The Bertz CT molecular complexity index is 1120. The average Bonchev–Trinajstić information content (AvgIpc) is 3.09. The van der Waals surface area contributed by atoms with Gasteiger partial charge >= 0.3 is 0 Å². The SMILES string of the molecule is Cc1cccc(S(=O)(=O)n2cc(C(F)F)c3c(N4CCCCC4)cccc32)c1. The normalized spacial score (nSPS) is 15.5. The van der Waals surface area contributed by atoms with Crippen LogP contribution in [0.3, 0.4) is 0 Å². The Balaban J connectivity index is 1.96. The second-order valence-corrected chi connectivity index (χ2v) is 9.04. The summed E-state index contributed by atoms with van der Waals surface area (Å²) in [6.45, 7) is 3.38. The first-order chi connectivity index (χ1) is 13.4. The van der Waals surface area contributed by atoms with Crippen molar-refractivity contribution in [1.29, 1.82) is 0 Å². The maximum Gasteiger partial charge on any atom is 0.268 e. The molecule has 0 saturated carbocycles. The van der Waals surface area contributed by atoms with Crippen LogP contribution in [0, 0.1) is 6.92 Å². The summed E-state index contributed by atoms with van der Waals surface area (Å²) in [5, 5.41) is 0.329. The first-order valence-electron chi connectivity index (χ1n) is 9.39. The van der Waals surface area contributed by atoms with E-state index in [0.29, 0.717) is 16.6 Å². The van der Waals surface area contributed by atoms with Crippen LogP contribution >= 0.6 is 0 Å². The summed E-state index contributed by atoms with van der Waals surface area (Å²) in [5.74, 6) is 0. The highest BCUT2D eigenvalue weighted by Gasteiger charge is 2.27. The van der Waals surface area contributed by atoms with Gasteiger partial charge in [0.15, 0.2) is 0 Å². The van der Waals surface area contributed by atoms with Crippen LogP contribution in [0.4, 0.5) is 14.5 Å². The summed E-state index contributed by atoms with van der Waals surface area (Å²) in [4.78, 5) is 2.18. The van der Waals surface area contributed by atoms with Crippen LogP contribution in [0.2, 0.25) is 0 Å². The minimum absolute atomic E-state index is 0.0913. The molecule has 4 nitrogen and oxygen atoms in total. The lowest BCUT2D eigenvalue weighted by Gasteiger charge is -2.29. The van der Waals surface area contributed by atoms with Crippen molar-refractivity contribution in [2.45, 2.75) is 37.5 Å². The Morgan fingerprint density at radius 1 is 1.00 bits per heavy atom. The molecule has 1 aromatic heterocycles. The lowest BCUT2D eigenvalue weighted by atomic mass is 10.1. The molecule has 1 aliphatic rings. The van der Waals surface area contributed by atoms with Crippen molar-refractivity contribution in [3.05, 3.63) is 59.8 Å². The van der Waals surface area contributed by atoms with Crippen molar-refractivity contribution >= 4 is 26.6 Å². The second kappa shape index (κ2) is 7.20. The van der Waals surface area contributed by atoms with E-state index in [1.54, 1.807) is 37.3 Å². The molecule has 0 N–H and O–H groups in total. The molecule has 0 radical (unpaired) electrons. The minimum atomic E-state index is -3.98. The van der Waals surface area contributed by atoms with E-state index in [2.05, 4.69) is 4.90 Å². The van der Waals surface area contributed by atoms with E-state index in [1.807, 2.05) is 6.07 Å². The smallest absolute Gasteiger partial charge is 0.268 e. The minimum Gasteiger partial charge on any atom is -0.371 e. The fourth-order valence-corrected chi connectivity index (χ4v) is 5.40. The first-order valence-corrected chi connectivity index (χ1v) is 10.8. The number of hydrogen-bond acceptors (Lipinski definition) is 3. The molecular weight excluding hydrogens is 382 g/mol. The molecule has 4 rings (SSSR count). The zero-order chi connectivity index (χ0) is 19.9. The Morgan fingerprint density at radius 2 is 1.71 bits per heavy atom.